The number of hydrogen-bond donors (Lipinski definition) is 0. The number of rotatable bonds is 4. The maximum Gasteiger partial charge on any atom is 0.278 e. The van der Waals surface area contributed by atoms with Crippen molar-refractivity contribution in [3.8, 4) is 11.8 Å². The van der Waals surface area contributed by atoms with Crippen LogP contribution in [0.3, 0.4) is 0 Å². The van der Waals surface area contributed by atoms with E-state index in [1.165, 1.54) is 0 Å². The Morgan fingerprint density at radius 1 is 1.22 bits per heavy atom. The molecular weight excluding hydrogens is 294 g/mol. The van der Waals surface area contributed by atoms with E-state index in [0.717, 1.165) is 38.6 Å². The Morgan fingerprint density at radius 2 is 2.04 bits per heavy atom. The molecule has 0 bridgehead atoms. The number of carbonyl (C=O) groups is 1. The van der Waals surface area contributed by atoms with Crippen LogP contribution in [0.4, 0.5) is 0 Å². The number of piperidine rings is 1. The smallest absolute Gasteiger partial charge is 0.278 e. The Balaban J connectivity index is 1.61. The summed E-state index contributed by atoms with van der Waals surface area (Å²) < 4.78 is 11.1. The summed E-state index contributed by atoms with van der Waals surface area (Å²) in [5.74, 6) is 1.17. The molecule has 0 N–H and O–H groups in total. The maximum absolute atomic E-state index is 12.7. The number of nitrogens with zero attached hydrogens (tertiary/aromatic N) is 3. The fourth-order valence-corrected chi connectivity index (χ4v) is 3.20. The molecule has 6 heteroatoms. The normalized spacial score (nSPS) is 24.3. The van der Waals surface area contributed by atoms with Crippen molar-refractivity contribution in [2.24, 2.45) is 5.92 Å². The molecule has 3 rings (SSSR count). The van der Waals surface area contributed by atoms with E-state index in [0.29, 0.717) is 18.3 Å². The molecule has 124 valence electrons. The van der Waals surface area contributed by atoms with E-state index in [4.69, 9.17) is 9.47 Å². The van der Waals surface area contributed by atoms with Gasteiger partial charge >= 0.3 is 0 Å². The lowest BCUT2D eigenvalue weighted by Gasteiger charge is -2.35. The molecule has 23 heavy (non-hydrogen) atoms. The highest BCUT2D eigenvalue weighted by molar-refractivity contribution is 5.79. The minimum Gasteiger partial charge on any atom is -0.477 e. The minimum atomic E-state index is -0.0579. The summed E-state index contributed by atoms with van der Waals surface area (Å²) in [6.07, 6.45) is 12.0. The molecule has 2 atom stereocenters. The van der Waals surface area contributed by atoms with Crippen LogP contribution in [0, 0.1) is 5.92 Å². The van der Waals surface area contributed by atoms with Gasteiger partial charge in [-0.2, -0.15) is 0 Å². The van der Waals surface area contributed by atoms with Crippen molar-refractivity contribution in [1.82, 2.24) is 14.9 Å². The summed E-state index contributed by atoms with van der Waals surface area (Å²) in [4.78, 5) is 22.9. The molecule has 0 spiro atoms. The molecule has 1 amide bonds. The van der Waals surface area contributed by atoms with Crippen LogP contribution in [0.5, 0.6) is 11.8 Å². The third-order valence-corrected chi connectivity index (χ3v) is 4.41. The van der Waals surface area contributed by atoms with E-state index in [2.05, 4.69) is 22.1 Å². The van der Waals surface area contributed by atoms with Crippen LogP contribution in [0.2, 0.25) is 0 Å². The molecule has 1 aliphatic heterocycles. The average Bonchev–Trinajstić information content (AvgIpc) is 2.62. The molecule has 0 radical (unpaired) electrons. The van der Waals surface area contributed by atoms with Gasteiger partial charge in [0.15, 0.2) is 0 Å². The van der Waals surface area contributed by atoms with Crippen LogP contribution < -0.4 is 9.47 Å². The first-order valence-electron chi connectivity index (χ1n) is 8.23. The zero-order chi connectivity index (χ0) is 16.1. The van der Waals surface area contributed by atoms with E-state index in [1.54, 1.807) is 19.5 Å². The molecule has 1 aliphatic carbocycles. The Labute approximate surface area is 136 Å². The van der Waals surface area contributed by atoms with Crippen LogP contribution >= 0.6 is 0 Å². The summed E-state index contributed by atoms with van der Waals surface area (Å²) in [6, 6.07) is 0. The van der Waals surface area contributed by atoms with Gasteiger partial charge in [-0.05, 0) is 32.1 Å². The van der Waals surface area contributed by atoms with E-state index < -0.39 is 0 Å². The highest BCUT2D eigenvalue weighted by Crippen LogP contribution is 2.26. The van der Waals surface area contributed by atoms with Gasteiger partial charge in [0.05, 0.1) is 13.7 Å². The number of methoxy groups -OCH3 is 1. The molecule has 0 aromatic carbocycles. The van der Waals surface area contributed by atoms with Crippen molar-refractivity contribution in [3.63, 3.8) is 0 Å². The first-order chi connectivity index (χ1) is 11.3. The highest BCUT2D eigenvalue weighted by atomic mass is 16.5. The highest BCUT2D eigenvalue weighted by Gasteiger charge is 2.30. The lowest BCUT2D eigenvalue weighted by molar-refractivity contribution is -0.138. The molecule has 6 nitrogen and oxygen atoms in total. The quantitative estimate of drug-likeness (QED) is 0.797. The second-order valence-electron chi connectivity index (χ2n) is 6.02. The number of amides is 1. The fraction of sp³-hybridized carbons (Fsp3) is 0.588. The van der Waals surface area contributed by atoms with Gasteiger partial charge < -0.3 is 14.4 Å². The number of ether oxygens (including phenoxy) is 2. The predicted molar refractivity (Wildman–Crippen MR) is 85.3 cm³/mol. The maximum atomic E-state index is 12.7. The van der Waals surface area contributed by atoms with E-state index in [1.807, 2.05) is 4.90 Å². The van der Waals surface area contributed by atoms with Crippen LogP contribution in [-0.2, 0) is 4.79 Å². The lowest BCUT2D eigenvalue weighted by Crippen LogP contribution is -2.46. The van der Waals surface area contributed by atoms with Gasteiger partial charge in [-0.3, -0.25) is 4.79 Å². The topological polar surface area (TPSA) is 64.6 Å². The van der Waals surface area contributed by atoms with Crippen molar-refractivity contribution >= 4 is 5.91 Å². The molecule has 2 unspecified atom stereocenters. The number of allylic oxidation sites excluding steroid dienone is 2. The molecule has 1 aromatic rings. The largest absolute Gasteiger partial charge is 0.477 e. The molecule has 2 heterocycles. The predicted octanol–water partition coefficient (Wildman–Crippen LogP) is 2.21. The van der Waals surface area contributed by atoms with E-state index in [9.17, 15) is 4.79 Å². The summed E-state index contributed by atoms with van der Waals surface area (Å²) in [7, 11) is 1.55. The first kappa shape index (κ1) is 15.8. The zero-order valence-electron chi connectivity index (χ0n) is 13.5. The van der Waals surface area contributed by atoms with Gasteiger partial charge in [0.25, 0.3) is 11.8 Å². The van der Waals surface area contributed by atoms with Crippen LogP contribution in [0.15, 0.2) is 24.5 Å². The Kier molecular flexibility index (Phi) is 5.10. The molecule has 1 aromatic heterocycles. The summed E-state index contributed by atoms with van der Waals surface area (Å²) in [6.45, 7) is 1.43. The molecular formula is C17H23N3O3. The summed E-state index contributed by atoms with van der Waals surface area (Å²) >= 11 is 0. The third kappa shape index (κ3) is 3.81. The minimum absolute atomic E-state index is 0.0579. The number of hydrogen-bond acceptors (Lipinski definition) is 5. The average molecular weight is 317 g/mol. The van der Waals surface area contributed by atoms with Crippen LogP contribution in [0.25, 0.3) is 0 Å². The molecule has 1 fully saturated rings. The van der Waals surface area contributed by atoms with Gasteiger partial charge in [-0.1, -0.05) is 12.2 Å². The Bertz CT molecular complexity index is 576. The van der Waals surface area contributed by atoms with Crippen LogP contribution in [0.1, 0.15) is 32.1 Å². The number of aromatic nitrogens is 2. The van der Waals surface area contributed by atoms with Gasteiger partial charge in [0.1, 0.15) is 6.10 Å². The van der Waals surface area contributed by atoms with Crippen molar-refractivity contribution in [3.05, 3.63) is 24.5 Å². The lowest BCUT2D eigenvalue weighted by atomic mass is 9.92. The zero-order valence-corrected chi connectivity index (χ0v) is 13.5. The standard InChI is InChI=1S/C17H23N3O3/c1-22-15-16(19-10-9-18-15)23-14-8-5-11-20(12-14)17(21)13-6-3-2-4-7-13/h2-3,9-10,13-14H,4-8,11-12H2,1H3. The molecule has 1 saturated heterocycles. The molecule has 0 saturated carbocycles. The number of likely N-dealkylation sites (tertiary alicyclic amines) is 1. The number of carbonyl (C=O) groups excluding carboxylic acids is 1. The molecule has 2 aliphatic rings. The second-order valence-corrected chi connectivity index (χ2v) is 6.02. The Hall–Kier alpha value is -2.11. The van der Waals surface area contributed by atoms with Crippen molar-refractivity contribution < 1.29 is 14.3 Å². The van der Waals surface area contributed by atoms with Crippen LogP contribution in [-0.4, -0.2) is 47.1 Å². The monoisotopic (exact) mass is 317 g/mol. The van der Waals surface area contributed by atoms with Gasteiger partial charge in [-0.15, -0.1) is 0 Å². The summed E-state index contributed by atoms with van der Waals surface area (Å²) in [5.41, 5.74) is 0. The van der Waals surface area contributed by atoms with Crippen molar-refractivity contribution in [2.45, 2.75) is 38.2 Å². The Morgan fingerprint density at radius 3 is 2.78 bits per heavy atom. The first-order valence-corrected chi connectivity index (χ1v) is 8.23. The van der Waals surface area contributed by atoms with E-state index >= 15 is 0 Å². The summed E-state index contributed by atoms with van der Waals surface area (Å²) in [5, 5.41) is 0. The van der Waals surface area contributed by atoms with E-state index in [-0.39, 0.29) is 17.9 Å². The van der Waals surface area contributed by atoms with Gasteiger partial charge in [-0.25, -0.2) is 9.97 Å². The van der Waals surface area contributed by atoms with Crippen molar-refractivity contribution in [2.75, 3.05) is 20.2 Å². The second kappa shape index (κ2) is 7.44. The van der Waals surface area contributed by atoms with Gasteiger partial charge in [0, 0.05) is 24.9 Å². The fourth-order valence-electron chi connectivity index (χ4n) is 3.20. The van der Waals surface area contributed by atoms with Gasteiger partial charge in [0.2, 0.25) is 5.91 Å². The SMILES string of the molecule is COc1nccnc1OC1CCCN(C(=O)C2CC=CCC2)C1. The third-order valence-electron chi connectivity index (χ3n) is 4.41. The van der Waals surface area contributed by atoms with Crippen molar-refractivity contribution in [1.29, 1.82) is 0 Å².